The molecule has 0 fully saturated rings. The van der Waals surface area contributed by atoms with Crippen LogP contribution in [0.25, 0.3) is 11.0 Å². The predicted octanol–water partition coefficient (Wildman–Crippen LogP) is 3.85. The Hall–Kier alpha value is -2.70. The van der Waals surface area contributed by atoms with Gasteiger partial charge in [0.05, 0.1) is 12.5 Å². The highest BCUT2D eigenvalue weighted by atomic mass is 35.5. The van der Waals surface area contributed by atoms with Crippen LogP contribution >= 0.6 is 11.6 Å². The van der Waals surface area contributed by atoms with Gasteiger partial charge in [0, 0.05) is 16.7 Å². The molecule has 1 heterocycles. The van der Waals surface area contributed by atoms with Crippen molar-refractivity contribution in [2.45, 2.75) is 0 Å². The van der Waals surface area contributed by atoms with E-state index in [0.29, 0.717) is 27.3 Å². The van der Waals surface area contributed by atoms with E-state index in [1.807, 2.05) is 0 Å². The van der Waals surface area contributed by atoms with Crippen molar-refractivity contribution in [3.8, 4) is 17.6 Å². The lowest BCUT2D eigenvalue weighted by atomic mass is 10.1. The lowest BCUT2D eigenvalue weighted by Crippen LogP contribution is -2.05. The molecule has 4 heteroatoms. The summed E-state index contributed by atoms with van der Waals surface area (Å²) in [7, 11) is 1.56. The number of halogens is 1. The van der Waals surface area contributed by atoms with Gasteiger partial charge in [0.15, 0.2) is 0 Å². The molecule has 0 aliphatic rings. The van der Waals surface area contributed by atoms with Crippen LogP contribution in [0.2, 0.25) is 5.02 Å². The Morgan fingerprint density at radius 2 is 1.86 bits per heavy atom. The molecule has 2 aromatic carbocycles. The summed E-state index contributed by atoms with van der Waals surface area (Å²) in [4.78, 5) is 12.4. The summed E-state index contributed by atoms with van der Waals surface area (Å²) in [5.41, 5.74) is 1.40. The van der Waals surface area contributed by atoms with Crippen LogP contribution < -0.4 is 10.2 Å². The summed E-state index contributed by atoms with van der Waals surface area (Å²) in [5.74, 6) is 6.40. The molecule has 22 heavy (non-hydrogen) atoms. The predicted molar refractivity (Wildman–Crippen MR) is 86.5 cm³/mol. The molecule has 3 aromatic rings. The van der Waals surface area contributed by atoms with Gasteiger partial charge in [0.1, 0.15) is 23.2 Å². The fourth-order valence-corrected chi connectivity index (χ4v) is 2.12. The normalized spacial score (nSPS) is 10.1. The smallest absolute Gasteiger partial charge is 0.208 e. The second kappa shape index (κ2) is 5.97. The van der Waals surface area contributed by atoms with Crippen molar-refractivity contribution in [2.75, 3.05) is 7.11 Å². The molecular formula is C18H11ClO3. The summed E-state index contributed by atoms with van der Waals surface area (Å²) in [6.07, 6.45) is 1.37. The van der Waals surface area contributed by atoms with Gasteiger partial charge in [-0.1, -0.05) is 23.4 Å². The third-order valence-corrected chi connectivity index (χ3v) is 3.42. The molecule has 0 aliphatic carbocycles. The van der Waals surface area contributed by atoms with Crippen LogP contribution in [0.3, 0.4) is 0 Å². The van der Waals surface area contributed by atoms with Crippen LogP contribution in [-0.2, 0) is 0 Å². The molecule has 0 bridgehead atoms. The molecule has 3 nitrogen and oxygen atoms in total. The van der Waals surface area contributed by atoms with Gasteiger partial charge in [0.25, 0.3) is 0 Å². The summed E-state index contributed by atoms with van der Waals surface area (Å²) in [6, 6.07) is 12.2. The largest absolute Gasteiger partial charge is 0.497 e. The van der Waals surface area contributed by atoms with Crippen LogP contribution in [0.4, 0.5) is 0 Å². The summed E-state index contributed by atoms with van der Waals surface area (Å²) in [5, 5.41) is 1.12. The fourth-order valence-electron chi connectivity index (χ4n) is 1.99. The van der Waals surface area contributed by atoms with E-state index < -0.39 is 0 Å². The van der Waals surface area contributed by atoms with Gasteiger partial charge in [-0.25, -0.2) is 0 Å². The Balaban J connectivity index is 2.04. The van der Waals surface area contributed by atoms with Gasteiger partial charge in [-0.15, -0.1) is 0 Å². The summed E-state index contributed by atoms with van der Waals surface area (Å²) >= 11 is 5.82. The Bertz CT molecular complexity index is 944. The minimum absolute atomic E-state index is 0.162. The summed E-state index contributed by atoms with van der Waals surface area (Å²) < 4.78 is 10.6. The van der Waals surface area contributed by atoms with E-state index >= 15 is 0 Å². The van der Waals surface area contributed by atoms with Crippen molar-refractivity contribution in [3.05, 3.63) is 75.1 Å². The molecule has 3 rings (SSSR count). The molecule has 108 valence electrons. The Morgan fingerprint density at radius 3 is 2.59 bits per heavy atom. The number of fused-ring (bicyclic) bond motifs is 1. The minimum Gasteiger partial charge on any atom is -0.497 e. The second-order valence-electron chi connectivity index (χ2n) is 4.60. The van der Waals surface area contributed by atoms with E-state index in [1.165, 1.54) is 6.26 Å². The average molecular weight is 311 g/mol. The number of hydrogen-bond donors (Lipinski definition) is 0. The van der Waals surface area contributed by atoms with Crippen molar-refractivity contribution >= 4 is 22.6 Å². The molecule has 0 radical (unpaired) electrons. The van der Waals surface area contributed by atoms with Crippen molar-refractivity contribution in [3.63, 3.8) is 0 Å². The fraction of sp³-hybridized carbons (Fsp3) is 0.0556. The van der Waals surface area contributed by atoms with Crippen molar-refractivity contribution in [1.82, 2.24) is 0 Å². The number of benzene rings is 2. The number of methoxy groups -OCH3 is 1. The molecular weight excluding hydrogens is 300 g/mol. The third kappa shape index (κ3) is 2.83. The van der Waals surface area contributed by atoms with Crippen molar-refractivity contribution in [1.29, 1.82) is 0 Å². The molecule has 0 amide bonds. The molecule has 0 unspecified atom stereocenters. The van der Waals surface area contributed by atoms with E-state index in [2.05, 4.69) is 11.8 Å². The average Bonchev–Trinajstić information content (AvgIpc) is 2.55. The first-order chi connectivity index (χ1) is 10.7. The Kier molecular flexibility index (Phi) is 3.86. The maximum absolute atomic E-state index is 12.4. The lowest BCUT2D eigenvalue weighted by molar-refractivity contribution is 0.414. The topological polar surface area (TPSA) is 39.4 Å². The lowest BCUT2D eigenvalue weighted by Gasteiger charge is -2.01. The standard InChI is InChI=1S/C18H11ClO3/c1-21-15-8-9-16-17(10-15)22-11-13(18(16)20)5-2-12-3-6-14(19)7-4-12/h3-4,6-11H,1H3. The van der Waals surface area contributed by atoms with Gasteiger partial charge in [-0.05, 0) is 36.4 Å². The minimum atomic E-state index is -0.162. The van der Waals surface area contributed by atoms with Crippen molar-refractivity contribution in [2.24, 2.45) is 0 Å². The first kappa shape index (κ1) is 14.2. The molecule has 1 aromatic heterocycles. The van der Waals surface area contributed by atoms with E-state index in [1.54, 1.807) is 49.6 Å². The van der Waals surface area contributed by atoms with E-state index in [-0.39, 0.29) is 5.43 Å². The van der Waals surface area contributed by atoms with Crippen LogP contribution in [0.1, 0.15) is 11.1 Å². The highest BCUT2D eigenvalue weighted by Crippen LogP contribution is 2.18. The molecule has 0 saturated heterocycles. The Labute approximate surface area is 132 Å². The zero-order valence-electron chi connectivity index (χ0n) is 11.7. The monoisotopic (exact) mass is 310 g/mol. The highest BCUT2D eigenvalue weighted by molar-refractivity contribution is 6.30. The highest BCUT2D eigenvalue weighted by Gasteiger charge is 2.06. The van der Waals surface area contributed by atoms with Crippen LogP contribution in [-0.4, -0.2) is 7.11 Å². The first-order valence-corrected chi connectivity index (χ1v) is 6.92. The molecule has 0 aliphatic heterocycles. The Morgan fingerprint density at radius 1 is 1.09 bits per heavy atom. The van der Waals surface area contributed by atoms with Crippen molar-refractivity contribution < 1.29 is 9.15 Å². The second-order valence-corrected chi connectivity index (χ2v) is 5.03. The van der Waals surface area contributed by atoms with E-state index in [4.69, 9.17) is 20.8 Å². The van der Waals surface area contributed by atoms with Gasteiger partial charge in [-0.3, -0.25) is 4.79 Å². The maximum Gasteiger partial charge on any atom is 0.208 e. The number of rotatable bonds is 1. The van der Waals surface area contributed by atoms with Gasteiger partial charge in [0.2, 0.25) is 5.43 Å². The molecule has 0 spiro atoms. The first-order valence-electron chi connectivity index (χ1n) is 6.54. The van der Waals surface area contributed by atoms with Gasteiger partial charge < -0.3 is 9.15 Å². The zero-order valence-corrected chi connectivity index (χ0v) is 12.5. The molecule has 0 N–H and O–H groups in total. The van der Waals surface area contributed by atoms with Gasteiger partial charge >= 0.3 is 0 Å². The van der Waals surface area contributed by atoms with Crippen LogP contribution in [0.15, 0.2) is 57.9 Å². The number of ether oxygens (including phenoxy) is 1. The van der Waals surface area contributed by atoms with Crippen LogP contribution in [0.5, 0.6) is 5.75 Å². The third-order valence-electron chi connectivity index (χ3n) is 3.17. The van der Waals surface area contributed by atoms with E-state index in [0.717, 1.165) is 5.56 Å². The van der Waals surface area contributed by atoms with E-state index in [9.17, 15) is 4.79 Å². The number of hydrogen-bond acceptors (Lipinski definition) is 3. The van der Waals surface area contributed by atoms with Gasteiger partial charge in [-0.2, -0.15) is 0 Å². The summed E-state index contributed by atoms with van der Waals surface area (Å²) in [6.45, 7) is 0. The molecule has 0 saturated carbocycles. The van der Waals surface area contributed by atoms with Crippen LogP contribution in [0, 0.1) is 11.8 Å². The maximum atomic E-state index is 12.4. The molecule has 0 atom stereocenters. The SMILES string of the molecule is COc1ccc2c(=O)c(C#Cc3ccc(Cl)cc3)coc2c1. The quantitative estimate of drug-likeness (QED) is 0.641. The zero-order chi connectivity index (χ0) is 15.5.